The number of aromatic nitrogens is 1. The first-order valence-corrected chi connectivity index (χ1v) is 8.15. The quantitative estimate of drug-likeness (QED) is 0.518. The molecule has 0 aromatic carbocycles. The van der Waals surface area contributed by atoms with Crippen molar-refractivity contribution < 1.29 is 0 Å². The molecule has 0 amide bonds. The summed E-state index contributed by atoms with van der Waals surface area (Å²) in [5.41, 5.74) is 1.69. The van der Waals surface area contributed by atoms with Crippen molar-refractivity contribution in [2.75, 3.05) is 20.1 Å². The Morgan fingerprint density at radius 1 is 1.38 bits per heavy atom. The van der Waals surface area contributed by atoms with E-state index < -0.39 is 0 Å². The summed E-state index contributed by atoms with van der Waals surface area (Å²) in [5.74, 6) is 1.01. The molecular weight excluding hydrogens is 284 g/mol. The summed E-state index contributed by atoms with van der Waals surface area (Å²) in [6.45, 7) is 3.02. The predicted octanol–water partition coefficient (Wildman–Crippen LogP) is 3.08. The van der Waals surface area contributed by atoms with Crippen LogP contribution in [0.25, 0.3) is 0 Å². The molecule has 1 saturated carbocycles. The van der Waals surface area contributed by atoms with Gasteiger partial charge in [-0.1, -0.05) is 30.5 Å². The standard InChI is InChI=1S/C16H23ClN4/c1-18-15(20-11-13-4-5-14(17)19-10-13)21-9-8-16(12-21)6-2-3-7-16/h4-5,10H,2-3,6-9,11-12H2,1H3,(H,18,20). The number of hydrogen-bond acceptors (Lipinski definition) is 2. The van der Waals surface area contributed by atoms with Crippen LogP contribution in [0.15, 0.2) is 23.3 Å². The average Bonchev–Trinajstić information content (AvgIpc) is 3.13. The molecule has 2 aliphatic rings. The van der Waals surface area contributed by atoms with E-state index in [9.17, 15) is 0 Å². The van der Waals surface area contributed by atoms with Crippen molar-refractivity contribution in [2.24, 2.45) is 10.4 Å². The van der Waals surface area contributed by atoms with E-state index >= 15 is 0 Å². The van der Waals surface area contributed by atoms with Gasteiger partial charge in [0, 0.05) is 32.9 Å². The molecule has 0 bridgehead atoms. The number of halogens is 1. The second-order valence-corrected chi connectivity index (χ2v) is 6.66. The second-order valence-electron chi connectivity index (χ2n) is 6.27. The van der Waals surface area contributed by atoms with E-state index in [4.69, 9.17) is 11.6 Å². The lowest BCUT2D eigenvalue weighted by Gasteiger charge is -2.25. The minimum Gasteiger partial charge on any atom is -0.352 e. The second kappa shape index (κ2) is 6.22. The van der Waals surface area contributed by atoms with Crippen LogP contribution in [0, 0.1) is 5.41 Å². The van der Waals surface area contributed by atoms with Crippen LogP contribution in [-0.2, 0) is 6.54 Å². The van der Waals surface area contributed by atoms with Crippen LogP contribution in [0.5, 0.6) is 0 Å². The van der Waals surface area contributed by atoms with Gasteiger partial charge >= 0.3 is 0 Å². The van der Waals surface area contributed by atoms with Gasteiger partial charge in [0.15, 0.2) is 5.96 Å². The maximum absolute atomic E-state index is 5.81. The van der Waals surface area contributed by atoms with Crippen molar-refractivity contribution in [1.82, 2.24) is 15.2 Å². The number of nitrogens with zero attached hydrogens (tertiary/aromatic N) is 3. The Hall–Kier alpha value is -1.29. The Balaban J connectivity index is 1.57. The van der Waals surface area contributed by atoms with Crippen molar-refractivity contribution in [3.05, 3.63) is 29.0 Å². The highest BCUT2D eigenvalue weighted by molar-refractivity contribution is 6.29. The smallest absolute Gasteiger partial charge is 0.193 e. The van der Waals surface area contributed by atoms with E-state index in [0.717, 1.165) is 31.2 Å². The lowest BCUT2D eigenvalue weighted by molar-refractivity contribution is 0.309. The molecule has 21 heavy (non-hydrogen) atoms. The van der Waals surface area contributed by atoms with Gasteiger partial charge in [0.05, 0.1) is 0 Å². The fourth-order valence-electron chi connectivity index (χ4n) is 3.67. The molecule has 1 spiro atoms. The molecule has 0 unspecified atom stereocenters. The Labute approximate surface area is 131 Å². The largest absolute Gasteiger partial charge is 0.352 e. The van der Waals surface area contributed by atoms with Gasteiger partial charge in [0.1, 0.15) is 5.15 Å². The third kappa shape index (κ3) is 3.31. The van der Waals surface area contributed by atoms with Crippen molar-refractivity contribution >= 4 is 17.6 Å². The zero-order valence-electron chi connectivity index (χ0n) is 12.6. The summed E-state index contributed by atoms with van der Waals surface area (Å²) < 4.78 is 0. The van der Waals surface area contributed by atoms with Gasteiger partial charge in [-0.05, 0) is 36.3 Å². The number of nitrogens with one attached hydrogen (secondary N) is 1. The molecule has 3 rings (SSSR count). The Kier molecular flexibility index (Phi) is 4.34. The van der Waals surface area contributed by atoms with Crippen LogP contribution in [0.4, 0.5) is 0 Å². The molecule has 1 N–H and O–H groups in total. The summed E-state index contributed by atoms with van der Waals surface area (Å²) in [4.78, 5) is 11.0. The highest BCUT2D eigenvalue weighted by Gasteiger charge is 2.40. The molecule has 2 fully saturated rings. The lowest BCUT2D eigenvalue weighted by atomic mass is 9.86. The van der Waals surface area contributed by atoms with E-state index in [1.165, 1.54) is 32.1 Å². The highest BCUT2D eigenvalue weighted by atomic mass is 35.5. The van der Waals surface area contributed by atoms with Crippen LogP contribution in [0.2, 0.25) is 5.15 Å². The van der Waals surface area contributed by atoms with E-state index in [2.05, 4.69) is 20.2 Å². The van der Waals surface area contributed by atoms with Gasteiger partial charge in [0.25, 0.3) is 0 Å². The molecule has 1 aromatic heterocycles. The number of likely N-dealkylation sites (tertiary alicyclic amines) is 1. The van der Waals surface area contributed by atoms with Crippen molar-refractivity contribution in [3.63, 3.8) is 0 Å². The Bertz CT molecular complexity index is 506. The number of hydrogen-bond donors (Lipinski definition) is 1. The first kappa shape index (κ1) is 14.6. The molecular formula is C16H23ClN4. The Morgan fingerprint density at radius 2 is 2.19 bits per heavy atom. The summed E-state index contributed by atoms with van der Waals surface area (Å²) in [5, 5.41) is 3.98. The molecule has 1 aliphatic heterocycles. The third-order valence-corrected chi connectivity index (χ3v) is 5.08. The van der Waals surface area contributed by atoms with Gasteiger partial charge < -0.3 is 10.2 Å². The van der Waals surface area contributed by atoms with E-state index in [0.29, 0.717) is 10.6 Å². The zero-order chi connectivity index (χ0) is 14.7. The summed E-state index contributed by atoms with van der Waals surface area (Å²) in [6, 6.07) is 3.82. The summed E-state index contributed by atoms with van der Waals surface area (Å²) >= 11 is 5.81. The monoisotopic (exact) mass is 306 g/mol. The van der Waals surface area contributed by atoms with Gasteiger partial charge in [-0.25, -0.2) is 4.98 Å². The maximum Gasteiger partial charge on any atom is 0.193 e. The molecule has 114 valence electrons. The van der Waals surface area contributed by atoms with Crippen molar-refractivity contribution in [3.8, 4) is 0 Å². The normalized spacial score (nSPS) is 21.2. The molecule has 0 atom stereocenters. The zero-order valence-corrected chi connectivity index (χ0v) is 13.4. The molecule has 4 nitrogen and oxygen atoms in total. The number of aliphatic imine (C=N–C) groups is 1. The average molecular weight is 307 g/mol. The SMILES string of the molecule is CN=C(NCc1ccc(Cl)nc1)N1CCC2(CCCC2)C1. The molecule has 1 aliphatic carbocycles. The van der Waals surface area contributed by atoms with Crippen molar-refractivity contribution in [1.29, 1.82) is 0 Å². The molecule has 1 saturated heterocycles. The summed E-state index contributed by atoms with van der Waals surface area (Å²) in [6.07, 6.45) is 8.71. The van der Waals surface area contributed by atoms with Crippen LogP contribution in [0.3, 0.4) is 0 Å². The van der Waals surface area contributed by atoms with Gasteiger partial charge in [-0.2, -0.15) is 0 Å². The maximum atomic E-state index is 5.81. The minimum absolute atomic E-state index is 0.533. The Morgan fingerprint density at radius 3 is 2.86 bits per heavy atom. The molecule has 1 aromatic rings. The van der Waals surface area contributed by atoms with E-state index in [1.807, 2.05) is 25.4 Å². The minimum atomic E-state index is 0.533. The lowest BCUT2D eigenvalue weighted by Crippen LogP contribution is -2.40. The van der Waals surface area contributed by atoms with Crippen molar-refractivity contribution in [2.45, 2.75) is 38.6 Å². The van der Waals surface area contributed by atoms with E-state index in [-0.39, 0.29) is 0 Å². The first-order valence-electron chi connectivity index (χ1n) is 7.77. The fourth-order valence-corrected chi connectivity index (χ4v) is 3.79. The van der Waals surface area contributed by atoms with Crippen LogP contribution in [0.1, 0.15) is 37.7 Å². The van der Waals surface area contributed by atoms with Gasteiger partial charge in [-0.15, -0.1) is 0 Å². The molecule has 5 heteroatoms. The van der Waals surface area contributed by atoms with Gasteiger partial charge in [-0.3, -0.25) is 4.99 Å². The number of pyridine rings is 1. The topological polar surface area (TPSA) is 40.5 Å². The number of rotatable bonds is 2. The number of guanidine groups is 1. The van der Waals surface area contributed by atoms with Crippen LogP contribution >= 0.6 is 11.6 Å². The van der Waals surface area contributed by atoms with Crippen LogP contribution in [-0.4, -0.2) is 36.0 Å². The van der Waals surface area contributed by atoms with E-state index in [1.54, 1.807) is 0 Å². The third-order valence-electron chi connectivity index (χ3n) is 4.85. The molecule has 2 heterocycles. The fraction of sp³-hybridized carbons (Fsp3) is 0.625. The predicted molar refractivity (Wildman–Crippen MR) is 86.5 cm³/mol. The molecule has 0 radical (unpaired) electrons. The summed E-state index contributed by atoms with van der Waals surface area (Å²) in [7, 11) is 1.86. The first-order chi connectivity index (χ1) is 10.2. The van der Waals surface area contributed by atoms with Crippen LogP contribution < -0.4 is 5.32 Å². The van der Waals surface area contributed by atoms with Gasteiger partial charge in [0.2, 0.25) is 0 Å². The highest BCUT2D eigenvalue weighted by Crippen LogP contribution is 2.45.